The minimum Gasteiger partial charge on any atom is -0.480 e. The number of carboxylic acids is 1. The average Bonchev–Trinajstić information content (AvgIpc) is 3.82. The molecular weight excluding hydrogens is 734 g/mol. The minimum absolute atomic E-state index is 0.0235. The molecule has 2 aromatic rings. The number of nitrogens with two attached hydrogens (primary N) is 3. The normalized spacial score (nSPS) is 17.5. The van der Waals surface area contributed by atoms with E-state index >= 15 is 0 Å². The van der Waals surface area contributed by atoms with Crippen LogP contribution in [-0.2, 0) is 35.2 Å². The summed E-state index contributed by atoms with van der Waals surface area (Å²) >= 11 is 0. The van der Waals surface area contributed by atoms with E-state index in [4.69, 9.17) is 17.2 Å². The molecule has 0 spiro atoms. The lowest BCUT2D eigenvalue weighted by molar-refractivity contribution is -0.144. The van der Waals surface area contributed by atoms with Crippen molar-refractivity contribution >= 4 is 52.4 Å². The fourth-order valence-electron chi connectivity index (χ4n) is 6.96. The van der Waals surface area contributed by atoms with Gasteiger partial charge in [-0.05, 0) is 75.1 Å². The van der Waals surface area contributed by atoms with E-state index in [1.165, 1.54) is 4.90 Å². The van der Waals surface area contributed by atoms with Gasteiger partial charge in [0.1, 0.15) is 30.2 Å². The highest BCUT2D eigenvalue weighted by atomic mass is 16.4. The maximum Gasteiger partial charge on any atom is 0.326 e. The van der Waals surface area contributed by atoms with E-state index in [2.05, 4.69) is 36.6 Å². The molecule has 0 aliphatic carbocycles. The zero-order valence-electron chi connectivity index (χ0n) is 34.2. The number of carboxylic acid groups (broad SMARTS) is 1. The van der Waals surface area contributed by atoms with Gasteiger partial charge in [0.15, 0.2) is 5.96 Å². The summed E-state index contributed by atoms with van der Waals surface area (Å²) in [5, 5.41) is 24.6. The topological polar surface area (TPSA) is 292 Å². The summed E-state index contributed by atoms with van der Waals surface area (Å²) in [5.74, 6) is -4.20. The molecule has 2 heterocycles. The number of nitrogens with one attached hydrogen (secondary N) is 6. The molecule has 1 aromatic heterocycles. The number of aliphatic carboxylic acids is 1. The lowest BCUT2D eigenvalue weighted by Crippen LogP contribution is -2.62. The van der Waals surface area contributed by atoms with E-state index in [1.54, 1.807) is 40.9 Å². The number of rotatable bonds is 20. The quantitative estimate of drug-likeness (QED) is 0.0476. The van der Waals surface area contributed by atoms with Crippen molar-refractivity contribution in [1.82, 2.24) is 36.5 Å². The zero-order chi connectivity index (χ0) is 42.6. The number of hydrogen-bond acceptors (Lipinski definition) is 9. The number of fused-ring (bicyclic) bond motifs is 1. The number of carbonyl (C=O) groups excluding carboxylic acids is 5. The van der Waals surface area contributed by atoms with Crippen molar-refractivity contribution in [1.29, 1.82) is 0 Å². The van der Waals surface area contributed by atoms with Crippen molar-refractivity contribution < 1.29 is 33.9 Å². The molecule has 0 saturated carbocycles. The third kappa shape index (κ3) is 13.2. The molecule has 1 aliphatic rings. The first-order chi connectivity index (χ1) is 26.7. The molecule has 13 N–H and O–H groups in total. The molecule has 7 atom stereocenters. The molecule has 1 saturated heterocycles. The molecule has 0 radical (unpaired) electrons. The number of aliphatic imine (C=N–C) groups is 1. The third-order valence-corrected chi connectivity index (χ3v) is 10.0. The van der Waals surface area contributed by atoms with Crippen LogP contribution in [0.4, 0.5) is 0 Å². The van der Waals surface area contributed by atoms with Crippen LogP contribution in [0.3, 0.4) is 0 Å². The van der Waals surface area contributed by atoms with Crippen LogP contribution >= 0.6 is 0 Å². The fourth-order valence-corrected chi connectivity index (χ4v) is 6.96. The van der Waals surface area contributed by atoms with Crippen molar-refractivity contribution in [3.63, 3.8) is 0 Å². The second-order valence-corrected chi connectivity index (χ2v) is 16.3. The molecule has 3 rings (SSSR count). The highest BCUT2D eigenvalue weighted by Crippen LogP contribution is 2.24. The smallest absolute Gasteiger partial charge is 0.326 e. The Hall–Kier alpha value is -5.23. The maximum absolute atomic E-state index is 14.3. The molecule has 0 bridgehead atoms. The Labute approximate surface area is 334 Å². The summed E-state index contributed by atoms with van der Waals surface area (Å²) in [4.78, 5) is 90.0. The summed E-state index contributed by atoms with van der Waals surface area (Å²) in [5.41, 5.74) is 17.7. The standard InChI is InChI=1S/C39H63N11O7/c1-21(2)19-28(37(56)57)47-35(54)31(39(4,5)6)49-33(52)27(20-23-11-8-12-25-24(23)15-17-44-25)46-34(53)29-14-10-18-50(29)36(55)30(22(3)40)48-32(51)26(43-7)13-9-16-45-38(41)42/h8,11-12,15,17,21-22,26-31,43-44H,9-10,13-14,16,18-20,40H2,1-7H3,(H,46,53)(H,47,54)(H,48,51)(H,49,52)(H,56,57)(H4,41,42,45)/t22?,26-,27-,28-,29-,30?,31+/m0/s1. The van der Waals surface area contributed by atoms with Gasteiger partial charge in [-0.15, -0.1) is 0 Å². The van der Waals surface area contributed by atoms with Gasteiger partial charge in [-0.25, -0.2) is 4.79 Å². The van der Waals surface area contributed by atoms with Crippen molar-refractivity contribution in [2.24, 2.45) is 33.5 Å². The van der Waals surface area contributed by atoms with Gasteiger partial charge in [0.2, 0.25) is 29.5 Å². The van der Waals surface area contributed by atoms with Gasteiger partial charge in [0.25, 0.3) is 0 Å². The molecule has 1 fully saturated rings. The number of guanidine groups is 1. The van der Waals surface area contributed by atoms with Gasteiger partial charge >= 0.3 is 5.97 Å². The number of aromatic nitrogens is 1. The maximum atomic E-state index is 14.3. The number of H-pyrrole nitrogens is 1. The first-order valence-corrected chi connectivity index (χ1v) is 19.5. The van der Waals surface area contributed by atoms with Gasteiger partial charge in [-0.3, -0.25) is 29.0 Å². The van der Waals surface area contributed by atoms with Gasteiger partial charge in [0.05, 0.1) is 6.04 Å². The number of nitrogens with zero attached hydrogens (tertiary/aromatic N) is 2. The predicted molar refractivity (Wildman–Crippen MR) is 217 cm³/mol. The van der Waals surface area contributed by atoms with Crippen LogP contribution in [-0.4, -0.2) is 119 Å². The molecule has 1 aromatic carbocycles. The van der Waals surface area contributed by atoms with Gasteiger partial charge in [-0.2, -0.15) is 0 Å². The summed E-state index contributed by atoms with van der Waals surface area (Å²) in [6.45, 7) is 11.0. The monoisotopic (exact) mass is 797 g/mol. The fraction of sp³-hybridized carbons (Fsp3) is 0.615. The first-order valence-electron chi connectivity index (χ1n) is 19.5. The predicted octanol–water partition coefficient (Wildman–Crippen LogP) is -0.194. The van der Waals surface area contributed by atoms with Crippen molar-refractivity contribution in [2.45, 2.75) is 122 Å². The zero-order valence-corrected chi connectivity index (χ0v) is 34.2. The second-order valence-electron chi connectivity index (χ2n) is 16.3. The lowest BCUT2D eigenvalue weighted by Gasteiger charge is -2.34. The van der Waals surface area contributed by atoms with E-state index in [9.17, 15) is 33.9 Å². The van der Waals surface area contributed by atoms with Crippen molar-refractivity contribution in [3.05, 3.63) is 36.0 Å². The summed E-state index contributed by atoms with van der Waals surface area (Å²) in [6.07, 6.45) is 3.64. The second kappa shape index (κ2) is 20.8. The van der Waals surface area contributed by atoms with Crippen LogP contribution in [0.25, 0.3) is 10.9 Å². The Morgan fingerprint density at radius 1 is 0.947 bits per heavy atom. The van der Waals surface area contributed by atoms with Crippen LogP contribution in [0.5, 0.6) is 0 Å². The minimum atomic E-state index is -1.21. The van der Waals surface area contributed by atoms with E-state index < -0.39 is 83.2 Å². The Morgan fingerprint density at radius 2 is 1.63 bits per heavy atom. The Balaban J connectivity index is 1.87. The molecule has 5 amide bonds. The first kappa shape index (κ1) is 46.2. The van der Waals surface area contributed by atoms with E-state index in [1.807, 2.05) is 38.1 Å². The van der Waals surface area contributed by atoms with Gasteiger partial charge in [0, 0.05) is 42.7 Å². The van der Waals surface area contributed by atoms with Crippen molar-refractivity contribution in [3.8, 4) is 0 Å². The number of likely N-dealkylation sites (N-methyl/N-ethyl adjacent to an activating group) is 1. The summed E-state index contributed by atoms with van der Waals surface area (Å²) in [7, 11) is 1.62. The highest BCUT2D eigenvalue weighted by molar-refractivity contribution is 5.97. The number of amides is 5. The average molecular weight is 798 g/mol. The third-order valence-electron chi connectivity index (χ3n) is 10.0. The van der Waals surface area contributed by atoms with Crippen LogP contribution in [0, 0.1) is 11.3 Å². The Morgan fingerprint density at radius 3 is 2.23 bits per heavy atom. The number of hydrogen-bond donors (Lipinski definition) is 10. The summed E-state index contributed by atoms with van der Waals surface area (Å²) in [6, 6.07) is 0.221. The SMILES string of the molecule is CN[C@@H](CCCN=C(N)N)C(=O)NC(C(=O)N1CCC[C@H]1C(=O)N[C@@H](Cc1cccc2[nH]ccc12)C(=O)N[C@H](C(=O)N[C@@H](CC(C)C)C(=O)O)C(C)(C)C)C(C)N. The van der Waals surface area contributed by atoms with Crippen LogP contribution in [0.15, 0.2) is 35.5 Å². The molecule has 57 heavy (non-hydrogen) atoms. The van der Waals surface area contributed by atoms with Crippen LogP contribution in [0.1, 0.15) is 79.2 Å². The molecule has 18 nitrogen and oxygen atoms in total. The number of benzene rings is 1. The molecule has 2 unspecified atom stereocenters. The molecule has 316 valence electrons. The molecule has 18 heteroatoms. The Kier molecular flexibility index (Phi) is 16.8. The van der Waals surface area contributed by atoms with Crippen molar-refractivity contribution in [2.75, 3.05) is 20.1 Å². The molecule has 1 aliphatic heterocycles. The van der Waals surface area contributed by atoms with Gasteiger partial charge < -0.3 is 58.8 Å². The highest BCUT2D eigenvalue weighted by Gasteiger charge is 2.42. The van der Waals surface area contributed by atoms with E-state index in [-0.39, 0.29) is 31.3 Å². The number of carbonyl (C=O) groups is 6. The largest absolute Gasteiger partial charge is 0.480 e. The Bertz CT molecular complexity index is 1750. The van der Waals surface area contributed by atoms with Gasteiger partial charge in [-0.1, -0.05) is 46.8 Å². The number of aromatic amines is 1. The molecular formula is C39H63N11O7. The van der Waals surface area contributed by atoms with E-state index in [0.29, 0.717) is 32.2 Å². The van der Waals surface area contributed by atoms with E-state index in [0.717, 1.165) is 16.5 Å². The van der Waals surface area contributed by atoms with Crippen LogP contribution in [0.2, 0.25) is 0 Å². The van der Waals surface area contributed by atoms with Crippen LogP contribution < -0.4 is 43.8 Å². The lowest BCUT2D eigenvalue weighted by atomic mass is 9.85. The summed E-state index contributed by atoms with van der Waals surface area (Å²) < 4.78 is 0. The number of likely N-dealkylation sites (tertiary alicyclic amines) is 1.